The third kappa shape index (κ3) is 2.69. The highest BCUT2D eigenvalue weighted by Gasteiger charge is 2.42. The Hall–Kier alpha value is -1.72. The van der Waals surface area contributed by atoms with Crippen LogP contribution in [-0.2, 0) is 9.53 Å². The van der Waals surface area contributed by atoms with Crippen molar-refractivity contribution >= 4 is 11.7 Å². The van der Waals surface area contributed by atoms with E-state index in [9.17, 15) is 9.59 Å². The van der Waals surface area contributed by atoms with E-state index >= 15 is 0 Å². The first-order valence-corrected chi connectivity index (χ1v) is 5.24. The van der Waals surface area contributed by atoms with Crippen LogP contribution in [0.1, 0.15) is 24.2 Å². The number of rotatable bonds is 5. The Morgan fingerprint density at radius 1 is 1.35 bits per heavy atom. The van der Waals surface area contributed by atoms with Crippen LogP contribution in [0.15, 0.2) is 30.3 Å². The van der Waals surface area contributed by atoms with Crippen LogP contribution in [0.2, 0.25) is 0 Å². The molecule has 0 saturated carbocycles. The van der Waals surface area contributed by atoms with E-state index in [4.69, 9.17) is 9.94 Å². The van der Waals surface area contributed by atoms with Gasteiger partial charge in [0.25, 0.3) is 5.91 Å². The Morgan fingerprint density at radius 3 is 2.41 bits per heavy atom. The maximum Gasteiger partial charge on any atom is 0.283 e. The summed E-state index contributed by atoms with van der Waals surface area (Å²) in [6.45, 7) is 3.18. The van der Waals surface area contributed by atoms with Crippen LogP contribution in [0.25, 0.3) is 0 Å². The second kappa shape index (κ2) is 5.56. The van der Waals surface area contributed by atoms with Crippen molar-refractivity contribution < 1.29 is 19.5 Å². The molecule has 1 atom stereocenters. The molecule has 0 fully saturated rings. The zero-order valence-electron chi connectivity index (χ0n) is 9.77. The van der Waals surface area contributed by atoms with Gasteiger partial charge in [-0.1, -0.05) is 30.3 Å². The second-order valence-electron chi connectivity index (χ2n) is 3.60. The summed E-state index contributed by atoms with van der Waals surface area (Å²) in [5.41, 5.74) is 0.0926. The van der Waals surface area contributed by atoms with Crippen molar-refractivity contribution in [1.82, 2.24) is 5.48 Å². The number of nitrogens with one attached hydrogen (secondary N) is 1. The van der Waals surface area contributed by atoms with Gasteiger partial charge in [-0.25, -0.2) is 5.48 Å². The van der Waals surface area contributed by atoms with Gasteiger partial charge in [-0.3, -0.25) is 14.8 Å². The molecule has 1 unspecified atom stereocenters. The van der Waals surface area contributed by atoms with Gasteiger partial charge in [0.2, 0.25) is 11.4 Å². The van der Waals surface area contributed by atoms with Gasteiger partial charge in [0.1, 0.15) is 0 Å². The summed E-state index contributed by atoms with van der Waals surface area (Å²) in [6, 6.07) is 8.32. The maximum absolute atomic E-state index is 12.2. The highest BCUT2D eigenvalue weighted by molar-refractivity contribution is 6.16. The molecule has 0 spiro atoms. The molecule has 2 N–H and O–H groups in total. The maximum atomic E-state index is 12.2. The van der Waals surface area contributed by atoms with E-state index in [1.165, 1.54) is 12.4 Å². The normalized spacial score (nSPS) is 13.8. The fraction of sp³-hybridized carbons (Fsp3) is 0.333. The van der Waals surface area contributed by atoms with Gasteiger partial charge < -0.3 is 4.74 Å². The Morgan fingerprint density at radius 2 is 1.94 bits per heavy atom. The van der Waals surface area contributed by atoms with Gasteiger partial charge in [0.15, 0.2) is 0 Å². The van der Waals surface area contributed by atoms with Crippen molar-refractivity contribution in [3.63, 3.8) is 0 Å². The molecule has 1 amide bonds. The molecule has 0 aliphatic rings. The zero-order chi connectivity index (χ0) is 12.9. The topological polar surface area (TPSA) is 75.6 Å². The van der Waals surface area contributed by atoms with Crippen molar-refractivity contribution in [2.45, 2.75) is 19.4 Å². The third-order valence-corrected chi connectivity index (χ3v) is 2.44. The number of ether oxygens (including phenoxy) is 1. The molecule has 0 heterocycles. The molecule has 0 aliphatic heterocycles. The lowest BCUT2D eigenvalue weighted by Crippen LogP contribution is -2.51. The lowest BCUT2D eigenvalue weighted by molar-refractivity contribution is -0.147. The van der Waals surface area contributed by atoms with Gasteiger partial charge in [-0.15, -0.1) is 0 Å². The first-order chi connectivity index (χ1) is 8.06. The molecule has 17 heavy (non-hydrogen) atoms. The molecule has 0 radical (unpaired) electrons. The Bertz CT molecular complexity index is 404. The van der Waals surface area contributed by atoms with Crippen LogP contribution in [0, 0.1) is 0 Å². The molecule has 92 valence electrons. The van der Waals surface area contributed by atoms with Crippen LogP contribution >= 0.6 is 0 Å². The van der Waals surface area contributed by atoms with Crippen LogP contribution < -0.4 is 5.48 Å². The first-order valence-electron chi connectivity index (χ1n) is 5.24. The van der Waals surface area contributed by atoms with Crippen molar-refractivity contribution in [3.05, 3.63) is 35.9 Å². The van der Waals surface area contributed by atoms with E-state index < -0.39 is 17.3 Å². The van der Waals surface area contributed by atoms with Crippen LogP contribution in [0.4, 0.5) is 0 Å². The molecular formula is C12H15NO4. The number of hydrogen-bond donors (Lipinski definition) is 2. The van der Waals surface area contributed by atoms with Crippen LogP contribution in [-0.4, -0.2) is 29.1 Å². The van der Waals surface area contributed by atoms with E-state index in [-0.39, 0.29) is 6.61 Å². The van der Waals surface area contributed by atoms with Gasteiger partial charge in [0, 0.05) is 12.2 Å². The Balaban J connectivity index is 3.08. The van der Waals surface area contributed by atoms with Crippen molar-refractivity contribution in [2.75, 3.05) is 6.61 Å². The first kappa shape index (κ1) is 13.3. The number of hydrogen-bond acceptors (Lipinski definition) is 4. The standard InChI is InChI=1S/C12H15NO4/c1-3-17-12(2,11(15)13-16)10(14)9-7-5-4-6-8-9/h4-8,16H,3H2,1-2H3,(H,13,15). The Labute approximate surface area is 99.4 Å². The smallest absolute Gasteiger partial charge is 0.283 e. The van der Waals surface area contributed by atoms with Crippen LogP contribution in [0.5, 0.6) is 0 Å². The van der Waals surface area contributed by atoms with Gasteiger partial charge >= 0.3 is 0 Å². The average Bonchev–Trinajstić information content (AvgIpc) is 2.38. The lowest BCUT2D eigenvalue weighted by atomic mass is 9.94. The zero-order valence-corrected chi connectivity index (χ0v) is 9.77. The molecule has 1 rings (SSSR count). The molecule has 0 aliphatic carbocycles. The van der Waals surface area contributed by atoms with Crippen molar-refractivity contribution in [3.8, 4) is 0 Å². The quantitative estimate of drug-likeness (QED) is 0.349. The fourth-order valence-electron chi connectivity index (χ4n) is 1.49. The second-order valence-corrected chi connectivity index (χ2v) is 3.60. The van der Waals surface area contributed by atoms with Crippen molar-refractivity contribution in [1.29, 1.82) is 0 Å². The third-order valence-electron chi connectivity index (χ3n) is 2.44. The minimum Gasteiger partial charge on any atom is -0.358 e. The summed E-state index contributed by atoms with van der Waals surface area (Å²) in [5, 5.41) is 8.66. The van der Waals surface area contributed by atoms with Gasteiger partial charge in [-0.2, -0.15) is 0 Å². The number of carbonyl (C=O) groups excluding carboxylic acids is 2. The highest BCUT2D eigenvalue weighted by Crippen LogP contribution is 2.18. The number of carbonyl (C=O) groups is 2. The summed E-state index contributed by atoms with van der Waals surface area (Å²) in [4.78, 5) is 23.7. The van der Waals surface area contributed by atoms with Gasteiger partial charge in [0.05, 0.1) is 0 Å². The summed E-state index contributed by atoms with van der Waals surface area (Å²) in [6.07, 6.45) is 0. The average molecular weight is 237 g/mol. The number of benzene rings is 1. The minimum absolute atomic E-state index is 0.183. The summed E-state index contributed by atoms with van der Waals surface area (Å²) >= 11 is 0. The Kier molecular flexibility index (Phi) is 4.37. The van der Waals surface area contributed by atoms with E-state index in [1.54, 1.807) is 37.3 Å². The van der Waals surface area contributed by atoms with Crippen LogP contribution in [0.3, 0.4) is 0 Å². The molecule has 0 saturated heterocycles. The molecular weight excluding hydrogens is 222 g/mol. The number of Topliss-reactive ketones (excluding diaryl/α,β-unsaturated/α-hetero) is 1. The number of amides is 1. The molecule has 5 nitrogen and oxygen atoms in total. The molecule has 1 aromatic carbocycles. The van der Waals surface area contributed by atoms with E-state index in [0.29, 0.717) is 5.56 Å². The van der Waals surface area contributed by atoms with Crippen molar-refractivity contribution in [2.24, 2.45) is 0 Å². The summed E-state index contributed by atoms with van der Waals surface area (Å²) in [7, 11) is 0. The number of ketones is 1. The highest BCUT2D eigenvalue weighted by atomic mass is 16.5. The van der Waals surface area contributed by atoms with Gasteiger partial charge in [-0.05, 0) is 13.8 Å². The van der Waals surface area contributed by atoms with E-state index in [0.717, 1.165) is 0 Å². The summed E-state index contributed by atoms with van der Waals surface area (Å²) < 4.78 is 5.18. The van der Waals surface area contributed by atoms with E-state index in [2.05, 4.69) is 0 Å². The molecule has 5 heteroatoms. The van der Waals surface area contributed by atoms with E-state index in [1.807, 2.05) is 0 Å². The minimum atomic E-state index is -1.72. The SMILES string of the molecule is CCOC(C)(C(=O)NO)C(=O)c1ccccc1. The predicted molar refractivity (Wildman–Crippen MR) is 60.7 cm³/mol. The monoisotopic (exact) mass is 237 g/mol. The fourth-order valence-corrected chi connectivity index (χ4v) is 1.49. The summed E-state index contributed by atoms with van der Waals surface area (Å²) in [5.74, 6) is -1.38. The molecule has 0 aromatic heterocycles. The lowest BCUT2D eigenvalue weighted by Gasteiger charge is -2.25. The number of hydroxylamine groups is 1. The molecule has 1 aromatic rings. The molecule has 0 bridgehead atoms. The largest absolute Gasteiger partial charge is 0.358 e. The predicted octanol–water partition coefficient (Wildman–Crippen LogP) is 1.17.